The van der Waals surface area contributed by atoms with Crippen molar-refractivity contribution in [2.75, 3.05) is 0 Å². The highest BCUT2D eigenvalue weighted by atomic mass is 32.2. The standard InChI is InChI=1S/C13H14N2O2S3/c1-13(2)9(12(16)17)15-11(20-13)10-14-5-8(19-10)7-3-4-18-6-7/h3-6,9,11,15H,1-2H3,(H,16,17). The molecule has 7 heteroatoms. The molecule has 0 bridgehead atoms. The molecule has 2 N–H and O–H groups in total. The van der Waals surface area contributed by atoms with Crippen molar-refractivity contribution >= 4 is 40.4 Å². The summed E-state index contributed by atoms with van der Waals surface area (Å²) in [4.78, 5) is 16.9. The number of hydrogen-bond donors (Lipinski definition) is 2. The Hall–Kier alpha value is -0.890. The van der Waals surface area contributed by atoms with Gasteiger partial charge >= 0.3 is 5.97 Å². The van der Waals surface area contributed by atoms with Crippen molar-refractivity contribution in [2.24, 2.45) is 0 Å². The summed E-state index contributed by atoms with van der Waals surface area (Å²) < 4.78 is -0.343. The van der Waals surface area contributed by atoms with Gasteiger partial charge in [0.05, 0.1) is 4.88 Å². The molecule has 0 saturated carbocycles. The number of rotatable bonds is 3. The van der Waals surface area contributed by atoms with Gasteiger partial charge in [0.1, 0.15) is 16.4 Å². The lowest BCUT2D eigenvalue weighted by Gasteiger charge is -2.20. The zero-order valence-electron chi connectivity index (χ0n) is 11.0. The molecule has 3 rings (SSSR count). The van der Waals surface area contributed by atoms with Crippen molar-refractivity contribution in [1.82, 2.24) is 10.3 Å². The number of carboxylic acids is 1. The molecule has 20 heavy (non-hydrogen) atoms. The molecule has 2 aromatic rings. The van der Waals surface area contributed by atoms with Crippen LogP contribution in [-0.4, -0.2) is 26.8 Å². The van der Waals surface area contributed by atoms with Crippen LogP contribution in [0.4, 0.5) is 0 Å². The van der Waals surface area contributed by atoms with Gasteiger partial charge in [-0.25, -0.2) is 4.98 Å². The van der Waals surface area contributed by atoms with Crippen LogP contribution in [0.5, 0.6) is 0 Å². The second kappa shape index (κ2) is 5.14. The van der Waals surface area contributed by atoms with Crippen LogP contribution < -0.4 is 5.32 Å². The minimum atomic E-state index is -0.806. The second-order valence-corrected chi connectivity index (χ2v) is 8.72. The molecule has 106 valence electrons. The molecule has 2 atom stereocenters. The number of aliphatic carboxylic acids is 1. The largest absolute Gasteiger partial charge is 0.480 e. The van der Waals surface area contributed by atoms with Gasteiger partial charge in [-0.3, -0.25) is 10.1 Å². The quantitative estimate of drug-likeness (QED) is 0.905. The van der Waals surface area contributed by atoms with Crippen molar-refractivity contribution in [2.45, 2.75) is 30.0 Å². The van der Waals surface area contributed by atoms with E-state index >= 15 is 0 Å². The smallest absolute Gasteiger partial charge is 0.322 e. The zero-order chi connectivity index (χ0) is 14.3. The van der Waals surface area contributed by atoms with Gasteiger partial charge < -0.3 is 5.11 Å². The maximum atomic E-state index is 11.3. The summed E-state index contributed by atoms with van der Waals surface area (Å²) in [6.45, 7) is 3.91. The van der Waals surface area contributed by atoms with E-state index in [1.54, 1.807) is 34.4 Å². The summed E-state index contributed by atoms with van der Waals surface area (Å²) in [5.41, 5.74) is 1.18. The van der Waals surface area contributed by atoms with E-state index in [0.29, 0.717) is 0 Å². The van der Waals surface area contributed by atoms with E-state index in [-0.39, 0.29) is 10.1 Å². The Morgan fingerprint density at radius 1 is 1.50 bits per heavy atom. The Bertz CT molecular complexity index is 621. The Kier molecular flexibility index (Phi) is 3.62. The van der Waals surface area contributed by atoms with Gasteiger partial charge in [0.25, 0.3) is 0 Å². The molecule has 0 amide bonds. The number of carbonyl (C=O) groups is 1. The summed E-state index contributed by atoms with van der Waals surface area (Å²) >= 11 is 4.91. The lowest BCUT2D eigenvalue weighted by molar-refractivity contribution is -0.139. The monoisotopic (exact) mass is 326 g/mol. The first-order valence-corrected chi connectivity index (χ1v) is 8.76. The van der Waals surface area contributed by atoms with E-state index in [1.165, 1.54) is 5.56 Å². The number of thiazole rings is 1. The lowest BCUT2D eigenvalue weighted by Crippen LogP contribution is -2.43. The number of aromatic nitrogens is 1. The number of thiophene rings is 1. The normalized spacial score (nSPS) is 24.9. The molecule has 0 spiro atoms. The summed E-state index contributed by atoms with van der Waals surface area (Å²) in [6.07, 6.45) is 1.87. The molecular formula is C13H14N2O2S3. The molecule has 0 aliphatic carbocycles. The van der Waals surface area contributed by atoms with E-state index in [9.17, 15) is 9.90 Å². The average Bonchev–Trinajstić information content (AvgIpc) is 3.04. The highest BCUT2D eigenvalue weighted by Crippen LogP contribution is 2.47. The van der Waals surface area contributed by atoms with Crippen LogP contribution in [-0.2, 0) is 4.79 Å². The van der Waals surface area contributed by atoms with E-state index in [0.717, 1.165) is 9.88 Å². The van der Waals surface area contributed by atoms with E-state index < -0.39 is 12.0 Å². The zero-order valence-corrected chi connectivity index (χ0v) is 13.4. The molecule has 1 saturated heterocycles. The fraction of sp³-hybridized carbons (Fsp3) is 0.385. The summed E-state index contributed by atoms with van der Waals surface area (Å²) in [7, 11) is 0. The Balaban J connectivity index is 1.83. The molecule has 1 aliphatic rings. The van der Waals surface area contributed by atoms with Crippen molar-refractivity contribution in [3.8, 4) is 10.4 Å². The highest BCUT2D eigenvalue weighted by molar-refractivity contribution is 8.01. The maximum absolute atomic E-state index is 11.3. The van der Waals surface area contributed by atoms with Crippen molar-refractivity contribution in [3.63, 3.8) is 0 Å². The fourth-order valence-corrected chi connectivity index (χ4v) is 5.35. The third kappa shape index (κ3) is 2.50. The molecule has 4 nitrogen and oxygen atoms in total. The number of thioether (sulfide) groups is 1. The highest BCUT2D eigenvalue weighted by Gasteiger charge is 2.46. The molecule has 1 fully saturated rings. The third-order valence-electron chi connectivity index (χ3n) is 3.24. The first-order valence-electron chi connectivity index (χ1n) is 6.12. The van der Waals surface area contributed by atoms with Gasteiger partial charge in [-0.15, -0.1) is 23.1 Å². The predicted molar refractivity (Wildman–Crippen MR) is 84.4 cm³/mol. The Morgan fingerprint density at radius 2 is 2.30 bits per heavy atom. The Morgan fingerprint density at radius 3 is 2.90 bits per heavy atom. The first-order chi connectivity index (χ1) is 9.47. The van der Waals surface area contributed by atoms with Gasteiger partial charge in [0.15, 0.2) is 0 Å². The van der Waals surface area contributed by atoms with Crippen LogP contribution >= 0.6 is 34.4 Å². The number of nitrogens with zero attached hydrogens (tertiary/aromatic N) is 1. The molecular weight excluding hydrogens is 312 g/mol. The van der Waals surface area contributed by atoms with Gasteiger partial charge in [-0.05, 0) is 30.7 Å². The predicted octanol–water partition coefficient (Wildman–Crippen LogP) is 3.44. The SMILES string of the molecule is CC1(C)SC(c2ncc(-c3ccsc3)s2)NC1C(=O)O. The van der Waals surface area contributed by atoms with Gasteiger partial charge in [-0.2, -0.15) is 11.3 Å². The van der Waals surface area contributed by atoms with Crippen LogP contribution in [0.15, 0.2) is 23.0 Å². The summed E-state index contributed by atoms with van der Waals surface area (Å²) in [6, 6.07) is 1.52. The fourth-order valence-electron chi connectivity index (χ4n) is 2.20. The number of nitrogens with one attached hydrogen (secondary N) is 1. The number of hydrogen-bond acceptors (Lipinski definition) is 6. The van der Waals surface area contributed by atoms with Crippen LogP contribution in [0.1, 0.15) is 24.2 Å². The Labute approximate surface area is 129 Å². The van der Waals surface area contributed by atoms with Crippen LogP contribution in [0, 0.1) is 0 Å². The van der Waals surface area contributed by atoms with Crippen LogP contribution in [0.25, 0.3) is 10.4 Å². The lowest BCUT2D eigenvalue weighted by atomic mass is 10.0. The van der Waals surface area contributed by atoms with E-state index in [4.69, 9.17) is 0 Å². The van der Waals surface area contributed by atoms with Crippen molar-refractivity contribution in [1.29, 1.82) is 0 Å². The van der Waals surface area contributed by atoms with Crippen LogP contribution in [0.2, 0.25) is 0 Å². The first kappa shape index (κ1) is 14.1. The van der Waals surface area contributed by atoms with Gasteiger partial charge in [-0.1, -0.05) is 0 Å². The van der Waals surface area contributed by atoms with E-state index in [1.807, 2.05) is 25.4 Å². The van der Waals surface area contributed by atoms with Crippen LogP contribution in [0.3, 0.4) is 0 Å². The minimum absolute atomic E-state index is 0.0523. The summed E-state index contributed by atoms with van der Waals surface area (Å²) in [5.74, 6) is -0.806. The molecule has 1 aliphatic heterocycles. The van der Waals surface area contributed by atoms with E-state index in [2.05, 4.69) is 21.7 Å². The minimum Gasteiger partial charge on any atom is -0.480 e. The van der Waals surface area contributed by atoms with Gasteiger partial charge in [0, 0.05) is 16.5 Å². The van der Waals surface area contributed by atoms with Gasteiger partial charge in [0.2, 0.25) is 0 Å². The molecule has 0 aromatic carbocycles. The molecule has 2 aromatic heterocycles. The number of carboxylic acid groups (broad SMARTS) is 1. The summed E-state index contributed by atoms with van der Waals surface area (Å²) in [5, 5.41) is 17.5. The molecule has 2 unspecified atom stereocenters. The van der Waals surface area contributed by atoms with Crippen molar-refractivity contribution in [3.05, 3.63) is 28.0 Å². The second-order valence-electron chi connectivity index (χ2n) is 5.11. The maximum Gasteiger partial charge on any atom is 0.322 e. The molecule has 0 radical (unpaired) electrons. The van der Waals surface area contributed by atoms with Crippen molar-refractivity contribution < 1.29 is 9.90 Å². The average molecular weight is 326 g/mol. The third-order valence-corrected chi connectivity index (χ3v) is 6.62. The topological polar surface area (TPSA) is 62.2 Å². The molecule has 3 heterocycles.